The van der Waals surface area contributed by atoms with E-state index in [0.717, 1.165) is 16.0 Å². The lowest BCUT2D eigenvalue weighted by Gasteiger charge is -2.11. The van der Waals surface area contributed by atoms with E-state index in [0.29, 0.717) is 39.7 Å². The lowest BCUT2D eigenvalue weighted by molar-refractivity contribution is -0.115. The number of benzene rings is 1. The number of amides is 1. The Hall–Kier alpha value is -2.85. The number of fused-ring (bicyclic) bond motifs is 1. The van der Waals surface area contributed by atoms with Crippen LogP contribution in [0.5, 0.6) is 5.75 Å². The fraction of sp³-hybridized carbons (Fsp3) is 0.333. The Morgan fingerprint density at radius 3 is 2.84 bits per heavy atom. The number of thiazole rings is 1. The molecule has 8 nitrogen and oxygen atoms in total. The number of aryl methyl sites for hydroxylation is 2. The van der Waals surface area contributed by atoms with Gasteiger partial charge < -0.3 is 14.5 Å². The minimum atomic E-state index is -0.373. The van der Waals surface area contributed by atoms with Crippen LogP contribution in [0.15, 0.2) is 33.8 Å². The number of hydrogen-bond donors (Lipinski definition) is 1. The Morgan fingerprint density at radius 2 is 2.16 bits per heavy atom. The van der Waals surface area contributed by atoms with Gasteiger partial charge in [-0.2, -0.15) is 0 Å². The monoisotopic (exact) mass is 457 g/mol. The summed E-state index contributed by atoms with van der Waals surface area (Å²) in [5.74, 6) is 1.76. The van der Waals surface area contributed by atoms with Crippen molar-refractivity contribution in [3.63, 3.8) is 0 Å². The first-order valence-corrected chi connectivity index (χ1v) is 11.5. The summed E-state index contributed by atoms with van der Waals surface area (Å²) < 4.78 is 13.4. The maximum atomic E-state index is 12.6. The third-order valence-electron chi connectivity index (χ3n) is 4.89. The number of furan rings is 1. The molecule has 4 aromatic rings. The molecule has 3 heterocycles. The van der Waals surface area contributed by atoms with Crippen molar-refractivity contribution in [1.29, 1.82) is 0 Å². The lowest BCUT2D eigenvalue weighted by atomic mass is 10.2. The number of ether oxygens (including phenoxy) is 1. The van der Waals surface area contributed by atoms with E-state index in [2.05, 4.69) is 20.5 Å². The molecule has 0 spiro atoms. The molecule has 0 saturated carbocycles. The molecular weight excluding hydrogens is 434 g/mol. The Labute approximate surface area is 188 Å². The van der Waals surface area contributed by atoms with E-state index in [9.17, 15) is 4.79 Å². The summed E-state index contributed by atoms with van der Waals surface area (Å²) in [4.78, 5) is 18.1. The summed E-state index contributed by atoms with van der Waals surface area (Å²) in [5.41, 5.74) is 1.60. The van der Waals surface area contributed by atoms with Gasteiger partial charge in [0.25, 0.3) is 0 Å². The highest BCUT2D eigenvalue weighted by atomic mass is 32.2. The number of nitrogens with zero attached hydrogens (tertiary/aromatic N) is 4. The molecular formula is C21H23N5O3S2. The molecule has 0 aliphatic rings. The highest BCUT2D eigenvalue weighted by molar-refractivity contribution is 8.00. The van der Waals surface area contributed by atoms with Gasteiger partial charge in [0.05, 0.1) is 18.1 Å². The maximum absolute atomic E-state index is 12.6. The number of thioether (sulfide) groups is 1. The summed E-state index contributed by atoms with van der Waals surface area (Å²) in [6.45, 7) is 8.40. The van der Waals surface area contributed by atoms with Crippen LogP contribution in [0.3, 0.4) is 0 Å². The molecule has 0 unspecified atom stereocenters. The zero-order valence-corrected chi connectivity index (χ0v) is 19.6. The third kappa shape index (κ3) is 4.17. The Balaban J connectivity index is 1.56. The SMILES string of the molecule is CCn1c(S[C@@H](C)C(=O)Nc2nc(C)c(C)s2)nnc1-c1cc2cccc(OC)c2o1. The van der Waals surface area contributed by atoms with E-state index in [1.165, 1.54) is 23.1 Å². The van der Waals surface area contributed by atoms with Crippen molar-refractivity contribution in [2.45, 2.75) is 44.6 Å². The molecule has 1 N–H and O–H groups in total. The van der Waals surface area contributed by atoms with Crippen LogP contribution in [0.1, 0.15) is 24.4 Å². The second-order valence-corrected chi connectivity index (χ2v) is 9.46. The summed E-state index contributed by atoms with van der Waals surface area (Å²) in [5, 5.41) is 13.4. The van der Waals surface area contributed by atoms with E-state index in [4.69, 9.17) is 9.15 Å². The highest BCUT2D eigenvalue weighted by Gasteiger charge is 2.23. The molecule has 0 saturated heterocycles. The summed E-state index contributed by atoms with van der Waals surface area (Å²) in [6, 6.07) is 7.65. The van der Waals surface area contributed by atoms with Gasteiger partial charge in [0, 0.05) is 16.8 Å². The van der Waals surface area contributed by atoms with Gasteiger partial charge in [-0.05, 0) is 39.8 Å². The topological polar surface area (TPSA) is 95.1 Å². The molecule has 10 heteroatoms. The summed E-state index contributed by atoms with van der Waals surface area (Å²) >= 11 is 2.82. The Bertz CT molecular complexity index is 1220. The zero-order valence-electron chi connectivity index (χ0n) is 17.9. The second kappa shape index (κ2) is 8.72. The van der Waals surface area contributed by atoms with Gasteiger partial charge in [0.1, 0.15) is 0 Å². The fourth-order valence-electron chi connectivity index (χ4n) is 3.10. The third-order valence-corrected chi connectivity index (χ3v) is 6.96. The zero-order chi connectivity index (χ0) is 22.1. The predicted octanol–water partition coefficient (Wildman–Crippen LogP) is 4.91. The number of hydrogen-bond acceptors (Lipinski definition) is 8. The minimum Gasteiger partial charge on any atom is -0.493 e. The van der Waals surface area contributed by atoms with Crippen molar-refractivity contribution in [2.75, 3.05) is 12.4 Å². The van der Waals surface area contributed by atoms with E-state index < -0.39 is 0 Å². The standard InChI is InChI=1S/C21H23N5O3S2/c1-6-26-18(16-10-14-8-7-9-15(28-5)17(14)29-16)24-25-21(26)31-13(4)19(27)23-20-22-11(2)12(3)30-20/h7-10,13H,6H2,1-5H3,(H,22,23,27)/t13-/m0/s1. The summed E-state index contributed by atoms with van der Waals surface area (Å²) in [6.07, 6.45) is 0. The summed E-state index contributed by atoms with van der Waals surface area (Å²) in [7, 11) is 1.61. The van der Waals surface area contributed by atoms with Crippen molar-refractivity contribution in [3.05, 3.63) is 34.8 Å². The smallest absolute Gasteiger partial charge is 0.239 e. The lowest BCUT2D eigenvalue weighted by Crippen LogP contribution is -2.22. The molecule has 1 atom stereocenters. The Kier molecular flexibility index (Phi) is 6.01. The van der Waals surface area contributed by atoms with Crippen LogP contribution >= 0.6 is 23.1 Å². The van der Waals surface area contributed by atoms with E-state index in [1.54, 1.807) is 7.11 Å². The maximum Gasteiger partial charge on any atom is 0.239 e. The average Bonchev–Trinajstić information content (AvgIpc) is 3.44. The molecule has 0 aliphatic heterocycles. The van der Waals surface area contributed by atoms with Crippen molar-refractivity contribution in [2.24, 2.45) is 0 Å². The van der Waals surface area contributed by atoms with Crippen molar-refractivity contribution < 1.29 is 13.9 Å². The van der Waals surface area contributed by atoms with Gasteiger partial charge in [-0.3, -0.25) is 9.36 Å². The molecule has 0 aliphatic carbocycles. The number of rotatable bonds is 7. The number of nitrogens with one attached hydrogen (secondary N) is 1. The van der Waals surface area contributed by atoms with Crippen LogP contribution in [-0.2, 0) is 11.3 Å². The first-order chi connectivity index (χ1) is 14.9. The molecule has 3 aromatic heterocycles. The van der Waals surface area contributed by atoms with Gasteiger partial charge >= 0.3 is 0 Å². The predicted molar refractivity (Wildman–Crippen MR) is 123 cm³/mol. The number of carbonyl (C=O) groups is 1. The van der Waals surface area contributed by atoms with Crippen molar-refractivity contribution >= 4 is 45.1 Å². The van der Waals surface area contributed by atoms with E-state index >= 15 is 0 Å². The van der Waals surface area contributed by atoms with Crippen LogP contribution in [0, 0.1) is 13.8 Å². The average molecular weight is 458 g/mol. The van der Waals surface area contributed by atoms with Gasteiger partial charge in [0.15, 0.2) is 27.4 Å². The molecule has 31 heavy (non-hydrogen) atoms. The molecule has 162 valence electrons. The van der Waals surface area contributed by atoms with Crippen LogP contribution in [0.4, 0.5) is 5.13 Å². The molecule has 0 bridgehead atoms. The van der Waals surface area contributed by atoms with Gasteiger partial charge in [-0.25, -0.2) is 4.98 Å². The molecule has 0 fully saturated rings. The number of para-hydroxylation sites is 1. The van der Waals surface area contributed by atoms with Crippen LogP contribution in [0.25, 0.3) is 22.6 Å². The quantitative estimate of drug-likeness (QED) is 0.394. The highest BCUT2D eigenvalue weighted by Crippen LogP contribution is 2.34. The molecule has 1 amide bonds. The van der Waals surface area contributed by atoms with E-state index in [1.807, 2.05) is 56.5 Å². The van der Waals surface area contributed by atoms with Gasteiger partial charge in [0.2, 0.25) is 11.7 Å². The van der Waals surface area contributed by atoms with Crippen molar-refractivity contribution in [1.82, 2.24) is 19.7 Å². The van der Waals surface area contributed by atoms with Gasteiger partial charge in [-0.1, -0.05) is 23.9 Å². The van der Waals surface area contributed by atoms with E-state index in [-0.39, 0.29) is 11.2 Å². The number of methoxy groups -OCH3 is 1. The van der Waals surface area contributed by atoms with Crippen LogP contribution in [0.2, 0.25) is 0 Å². The largest absolute Gasteiger partial charge is 0.493 e. The first kappa shape index (κ1) is 21.4. The number of aromatic nitrogens is 4. The number of anilines is 1. The fourth-order valence-corrected chi connectivity index (χ4v) is 4.83. The molecule has 4 rings (SSSR count). The molecule has 0 radical (unpaired) electrons. The Morgan fingerprint density at radius 1 is 1.35 bits per heavy atom. The number of carbonyl (C=O) groups excluding carboxylic acids is 1. The van der Waals surface area contributed by atoms with Crippen LogP contribution < -0.4 is 10.1 Å². The second-order valence-electron chi connectivity index (χ2n) is 6.95. The van der Waals surface area contributed by atoms with Crippen LogP contribution in [-0.4, -0.2) is 38.0 Å². The minimum absolute atomic E-state index is 0.126. The molecule has 1 aromatic carbocycles. The normalized spacial score (nSPS) is 12.3. The van der Waals surface area contributed by atoms with Crippen molar-refractivity contribution in [3.8, 4) is 17.3 Å². The first-order valence-electron chi connectivity index (χ1n) is 9.83. The van der Waals surface area contributed by atoms with Gasteiger partial charge in [-0.15, -0.1) is 21.5 Å².